The second kappa shape index (κ2) is 8.80. The zero-order valence-electron chi connectivity index (χ0n) is 13.5. The number of carbonyl (C=O) groups excluding carboxylic acids is 1. The molecule has 1 fully saturated rings. The minimum Gasteiger partial charge on any atom is -0.469 e. The van der Waals surface area contributed by atoms with Gasteiger partial charge in [0.1, 0.15) is 0 Å². The van der Waals surface area contributed by atoms with Crippen LogP contribution in [0, 0.1) is 0 Å². The summed E-state index contributed by atoms with van der Waals surface area (Å²) in [5.41, 5.74) is 1.14. The van der Waals surface area contributed by atoms with Crippen molar-refractivity contribution >= 4 is 27.4 Å². The number of carbonyl (C=O) groups is 1. The van der Waals surface area contributed by atoms with Gasteiger partial charge < -0.3 is 14.8 Å². The molecule has 1 aromatic carbocycles. The first-order valence-corrected chi connectivity index (χ1v) is 9.94. The van der Waals surface area contributed by atoms with Crippen LogP contribution < -0.4 is 5.32 Å². The highest BCUT2D eigenvalue weighted by molar-refractivity contribution is 7.91. The Morgan fingerprint density at radius 1 is 1.38 bits per heavy atom. The number of ether oxygens (including phenoxy) is 2. The summed E-state index contributed by atoms with van der Waals surface area (Å²) in [6.07, 6.45) is 0.270. The van der Waals surface area contributed by atoms with Gasteiger partial charge in [0, 0.05) is 17.6 Å². The van der Waals surface area contributed by atoms with Crippen LogP contribution in [0.4, 0.5) is 0 Å². The molecule has 0 spiro atoms. The Morgan fingerprint density at radius 2 is 2.08 bits per heavy atom. The van der Waals surface area contributed by atoms with Crippen molar-refractivity contribution in [2.24, 2.45) is 0 Å². The lowest BCUT2D eigenvalue weighted by Crippen LogP contribution is -2.49. The summed E-state index contributed by atoms with van der Waals surface area (Å²) in [5.74, 6) is -0.831. The molecule has 24 heavy (non-hydrogen) atoms. The summed E-state index contributed by atoms with van der Waals surface area (Å²) >= 11 is 5.86. The van der Waals surface area contributed by atoms with Crippen molar-refractivity contribution in [2.45, 2.75) is 25.0 Å². The lowest BCUT2D eigenvalue weighted by molar-refractivity contribution is -0.140. The van der Waals surface area contributed by atoms with E-state index in [1.54, 1.807) is 0 Å². The molecule has 0 amide bonds. The van der Waals surface area contributed by atoms with Crippen molar-refractivity contribution in [1.29, 1.82) is 0 Å². The van der Waals surface area contributed by atoms with Gasteiger partial charge in [0.05, 0.1) is 37.7 Å². The molecule has 0 aromatic heterocycles. The zero-order chi connectivity index (χ0) is 17.6. The molecule has 0 unspecified atom stereocenters. The van der Waals surface area contributed by atoms with Crippen LogP contribution in [0.5, 0.6) is 0 Å². The molecular weight excluding hydrogens is 354 g/mol. The van der Waals surface area contributed by atoms with Gasteiger partial charge in [0.25, 0.3) is 0 Å². The van der Waals surface area contributed by atoms with E-state index < -0.39 is 21.9 Å². The second-order valence-corrected chi connectivity index (χ2v) is 8.50. The van der Waals surface area contributed by atoms with E-state index in [0.29, 0.717) is 18.2 Å². The van der Waals surface area contributed by atoms with Crippen LogP contribution in [-0.4, -0.2) is 58.3 Å². The molecule has 1 heterocycles. The standard InChI is InChI=1S/C16H22ClNO5S/c1-22-16(19)6-7-24(20,21)11-15-9-18-14(10-23-15)8-12-2-4-13(17)5-3-12/h2-5,14-15,18H,6-11H2,1H3/t14-,15+/m0/s1. The number of morpholine rings is 1. The number of halogens is 1. The summed E-state index contributed by atoms with van der Waals surface area (Å²) in [7, 11) is -2.11. The largest absolute Gasteiger partial charge is 0.469 e. The summed E-state index contributed by atoms with van der Waals surface area (Å²) in [5, 5.41) is 4.01. The van der Waals surface area contributed by atoms with Gasteiger partial charge in [-0.1, -0.05) is 23.7 Å². The fraction of sp³-hybridized carbons (Fsp3) is 0.562. The number of hydrogen-bond donors (Lipinski definition) is 1. The normalized spacial score (nSPS) is 21.4. The van der Waals surface area contributed by atoms with Crippen molar-refractivity contribution in [1.82, 2.24) is 5.32 Å². The van der Waals surface area contributed by atoms with Gasteiger partial charge in [-0.2, -0.15) is 0 Å². The number of hydrogen-bond acceptors (Lipinski definition) is 6. The first-order valence-electron chi connectivity index (χ1n) is 7.74. The molecule has 8 heteroatoms. The summed E-state index contributed by atoms with van der Waals surface area (Å²) in [4.78, 5) is 11.0. The molecule has 0 saturated carbocycles. The van der Waals surface area contributed by atoms with E-state index in [-0.39, 0.29) is 24.0 Å². The van der Waals surface area contributed by atoms with Crippen molar-refractivity contribution in [2.75, 3.05) is 31.8 Å². The highest BCUT2D eigenvalue weighted by atomic mass is 35.5. The molecule has 1 aliphatic heterocycles. The third-order valence-electron chi connectivity index (χ3n) is 3.85. The zero-order valence-corrected chi connectivity index (χ0v) is 15.1. The third-order valence-corrected chi connectivity index (χ3v) is 5.81. The third kappa shape index (κ3) is 6.39. The number of esters is 1. The minimum absolute atomic E-state index is 0.0926. The highest BCUT2D eigenvalue weighted by Crippen LogP contribution is 2.13. The average molecular weight is 376 g/mol. The van der Waals surface area contributed by atoms with Gasteiger partial charge in [-0.3, -0.25) is 4.79 Å². The van der Waals surface area contributed by atoms with Gasteiger partial charge in [0.15, 0.2) is 9.84 Å². The summed E-state index contributed by atoms with van der Waals surface area (Å²) in [6, 6.07) is 7.76. The maximum Gasteiger partial charge on any atom is 0.306 e. The molecule has 2 rings (SSSR count). The van der Waals surface area contributed by atoms with E-state index in [0.717, 1.165) is 12.0 Å². The smallest absolute Gasteiger partial charge is 0.306 e. The molecular formula is C16H22ClNO5S. The molecule has 0 bridgehead atoms. The lowest BCUT2D eigenvalue weighted by Gasteiger charge is -2.30. The van der Waals surface area contributed by atoms with Crippen molar-refractivity contribution in [3.8, 4) is 0 Å². The van der Waals surface area contributed by atoms with Crippen LogP contribution in [0.1, 0.15) is 12.0 Å². The van der Waals surface area contributed by atoms with Gasteiger partial charge in [-0.15, -0.1) is 0 Å². The first-order chi connectivity index (χ1) is 11.4. The molecule has 1 N–H and O–H groups in total. The fourth-order valence-electron chi connectivity index (χ4n) is 2.52. The maximum atomic E-state index is 12.0. The van der Waals surface area contributed by atoms with Crippen LogP contribution >= 0.6 is 11.6 Å². The quantitative estimate of drug-likeness (QED) is 0.721. The Labute approximate surface area is 147 Å². The topological polar surface area (TPSA) is 81.7 Å². The molecule has 0 radical (unpaired) electrons. The van der Waals surface area contributed by atoms with Crippen molar-refractivity contribution in [3.05, 3.63) is 34.9 Å². The number of rotatable bonds is 7. The predicted molar refractivity (Wildman–Crippen MR) is 92.0 cm³/mol. The molecule has 1 aliphatic rings. The van der Waals surface area contributed by atoms with E-state index in [1.165, 1.54) is 7.11 Å². The number of benzene rings is 1. The van der Waals surface area contributed by atoms with Crippen LogP contribution in [0.3, 0.4) is 0 Å². The van der Waals surface area contributed by atoms with E-state index in [1.807, 2.05) is 24.3 Å². The highest BCUT2D eigenvalue weighted by Gasteiger charge is 2.26. The van der Waals surface area contributed by atoms with Crippen LogP contribution in [0.25, 0.3) is 0 Å². The Kier molecular flexibility index (Phi) is 7.03. The van der Waals surface area contributed by atoms with Crippen LogP contribution in [0.15, 0.2) is 24.3 Å². The maximum absolute atomic E-state index is 12.0. The molecule has 2 atom stereocenters. The van der Waals surface area contributed by atoms with Gasteiger partial charge in [0.2, 0.25) is 0 Å². The van der Waals surface area contributed by atoms with Crippen molar-refractivity contribution < 1.29 is 22.7 Å². The predicted octanol–water partition coefficient (Wildman–Crippen LogP) is 1.22. The van der Waals surface area contributed by atoms with E-state index >= 15 is 0 Å². The van der Waals surface area contributed by atoms with Crippen LogP contribution in [0.2, 0.25) is 5.02 Å². The minimum atomic E-state index is -3.35. The Morgan fingerprint density at radius 3 is 2.67 bits per heavy atom. The number of methoxy groups -OCH3 is 1. The first kappa shape index (κ1) is 19.2. The summed E-state index contributed by atoms with van der Waals surface area (Å²) < 4.78 is 34.1. The molecule has 6 nitrogen and oxygen atoms in total. The number of sulfone groups is 1. The van der Waals surface area contributed by atoms with E-state index in [4.69, 9.17) is 16.3 Å². The Bertz CT molecular complexity index is 639. The van der Waals surface area contributed by atoms with E-state index in [2.05, 4.69) is 10.1 Å². The molecule has 1 saturated heterocycles. The fourth-order valence-corrected chi connectivity index (χ4v) is 4.07. The van der Waals surface area contributed by atoms with Crippen molar-refractivity contribution in [3.63, 3.8) is 0 Å². The monoisotopic (exact) mass is 375 g/mol. The van der Waals surface area contributed by atoms with Gasteiger partial charge in [-0.05, 0) is 24.1 Å². The molecule has 134 valence electrons. The summed E-state index contributed by atoms with van der Waals surface area (Å²) in [6.45, 7) is 0.912. The Balaban J connectivity index is 1.76. The SMILES string of the molecule is COC(=O)CCS(=O)(=O)C[C@H]1CN[C@@H](Cc2ccc(Cl)cc2)CO1. The lowest BCUT2D eigenvalue weighted by atomic mass is 10.1. The van der Waals surface area contributed by atoms with Gasteiger partial charge in [-0.25, -0.2) is 8.42 Å². The van der Waals surface area contributed by atoms with E-state index in [9.17, 15) is 13.2 Å². The van der Waals surface area contributed by atoms with Gasteiger partial charge >= 0.3 is 5.97 Å². The van der Waals surface area contributed by atoms with Crippen LogP contribution in [-0.2, 0) is 30.5 Å². The molecule has 1 aromatic rings. The molecule has 0 aliphatic carbocycles. The number of nitrogens with one attached hydrogen (secondary N) is 1. The average Bonchev–Trinajstić information content (AvgIpc) is 2.56. The second-order valence-electron chi connectivity index (χ2n) is 5.83. The Hall–Kier alpha value is -1.15.